The molecular weight excluding hydrogens is 332 g/mol. The Morgan fingerprint density at radius 3 is 2.48 bits per heavy atom. The second-order valence-corrected chi connectivity index (χ2v) is 6.11. The molecule has 21 heavy (non-hydrogen) atoms. The van der Waals surface area contributed by atoms with Gasteiger partial charge in [0.2, 0.25) is 0 Å². The van der Waals surface area contributed by atoms with Gasteiger partial charge >= 0.3 is 17.1 Å². The van der Waals surface area contributed by atoms with E-state index >= 15 is 0 Å². The van der Waals surface area contributed by atoms with E-state index in [0.29, 0.717) is 0 Å². The van der Waals surface area contributed by atoms with Crippen molar-refractivity contribution in [1.82, 2.24) is 15.3 Å². The van der Waals surface area contributed by atoms with E-state index in [1.54, 1.807) is 12.4 Å². The molecule has 1 aromatic heterocycles. The zero-order valence-electron chi connectivity index (χ0n) is 11.8. The number of fused-ring (bicyclic) bond motifs is 4. The van der Waals surface area contributed by atoms with Gasteiger partial charge in [-0.25, -0.2) is 0 Å². The summed E-state index contributed by atoms with van der Waals surface area (Å²) in [7, 11) is 0. The largest absolute Gasteiger partial charge is 2.00 e. The molecule has 3 fully saturated rings. The smallest absolute Gasteiger partial charge is 0.347 e. The quantitative estimate of drug-likeness (QED) is 0.384. The number of hydrazone groups is 1. The van der Waals surface area contributed by atoms with Crippen molar-refractivity contribution in [2.45, 2.75) is 25.7 Å². The first-order valence-electron chi connectivity index (χ1n) is 7.30. The average Bonchev–Trinajstić information content (AvgIpc) is 2.82. The maximum atomic E-state index is 5.46. The first kappa shape index (κ1) is 16.4. The van der Waals surface area contributed by atoms with E-state index in [9.17, 15) is 0 Å². The third-order valence-corrected chi connectivity index (χ3v) is 4.60. The summed E-state index contributed by atoms with van der Waals surface area (Å²) in [6.07, 6.45) is 8.91. The van der Waals surface area contributed by atoms with Crippen molar-refractivity contribution in [3.63, 3.8) is 0 Å². The zero-order chi connectivity index (χ0) is 13.8. The summed E-state index contributed by atoms with van der Waals surface area (Å²) >= 11 is 5.46. The van der Waals surface area contributed by atoms with E-state index in [2.05, 4.69) is 20.4 Å². The van der Waals surface area contributed by atoms with Crippen LogP contribution in [0.15, 0.2) is 29.5 Å². The van der Waals surface area contributed by atoms with Gasteiger partial charge in [-0.1, -0.05) is 6.07 Å². The van der Waals surface area contributed by atoms with Crippen molar-refractivity contribution >= 4 is 23.5 Å². The fraction of sp³-hybridized carbons (Fsp3) is 0.533. The first-order chi connectivity index (χ1) is 9.81. The number of hydrogen-bond acceptors (Lipinski definition) is 3. The molecule has 1 aromatic rings. The second kappa shape index (κ2) is 7.87. The molecule has 115 valence electrons. The molecule has 0 aromatic carbocycles. The second-order valence-electron chi connectivity index (χ2n) is 5.72. The summed E-state index contributed by atoms with van der Waals surface area (Å²) in [4.78, 5) is 6.48. The van der Waals surface area contributed by atoms with Crippen molar-refractivity contribution in [3.8, 4) is 0 Å². The van der Waals surface area contributed by atoms with Crippen molar-refractivity contribution in [2.24, 2.45) is 16.9 Å². The molecule has 0 spiro atoms. The number of nitrogens with zero attached hydrogens (tertiary/aromatic N) is 3. The van der Waals surface area contributed by atoms with E-state index < -0.39 is 0 Å². The molecule has 0 amide bonds. The Balaban J connectivity index is 0.00000161. The van der Waals surface area contributed by atoms with Crippen LogP contribution in [-0.4, -0.2) is 34.3 Å². The van der Waals surface area contributed by atoms with Gasteiger partial charge in [0.1, 0.15) is 0 Å². The standard InChI is InChI=1S/C15H20N4S.Cu/c20-15(18-17-9-14-3-1-2-8-16-14)19-10-12-4-5-13(11-19)7-6-12;/h1-3,8-9,12-13H,4-7,10-11H2,(H,18,20);/q;+2. The maximum Gasteiger partial charge on any atom is 2.00 e. The van der Waals surface area contributed by atoms with Gasteiger partial charge in [0, 0.05) is 19.3 Å². The molecule has 0 atom stereocenters. The summed E-state index contributed by atoms with van der Waals surface area (Å²) in [5.41, 5.74) is 3.82. The molecule has 1 N–H and O–H groups in total. The van der Waals surface area contributed by atoms with Crippen LogP contribution in [0.1, 0.15) is 31.4 Å². The Morgan fingerprint density at radius 2 is 1.90 bits per heavy atom. The fourth-order valence-electron chi connectivity index (χ4n) is 3.14. The minimum Gasteiger partial charge on any atom is -0.347 e. The Bertz CT molecular complexity index is 472. The molecule has 1 radical (unpaired) electrons. The molecule has 2 saturated heterocycles. The molecule has 4 rings (SSSR count). The molecule has 4 nitrogen and oxygen atoms in total. The Kier molecular flexibility index (Phi) is 6.15. The molecule has 2 aliphatic heterocycles. The van der Waals surface area contributed by atoms with Gasteiger partial charge in [-0.2, -0.15) is 5.10 Å². The van der Waals surface area contributed by atoms with Crippen LogP contribution in [0.25, 0.3) is 0 Å². The van der Waals surface area contributed by atoms with E-state index in [1.807, 2.05) is 18.2 Å². The van der Waals surface area contributed by atoms with Gasteiger partial charge in [0.25, 0.3) is 0 Å². The van der Waals surface area contributed by atoms with E-state index in [-0.39, 0.29) is 17.1 Å². The zero-order valence-corrected chi connectivity index (χ0v) is 13.6. The molecule has 3 heterocycles. The summed E-state index contributed by atoms with van der Waals surface area (Å²) < 4.78 is 0. The summed E-state index contributed by atoms with van der Waals surface area (Å²) in [5.74, 6) is 1.63. The topological polar surface area (TPSA) is 40.5 Å². The summed E-state index contributed by atoms with van der Waals surface area (Å²) in [6.45, 7) is 2.17. The van der Waals surface area contributed by atoms with E-state index in [4.69, 9.17) is 12.2 Å². The number of aromatic nitrogens is 1. The number of rotatable bonds is 2. The van der Waals surface area contributed by atoms with Crippen molar-refractivity contribution in [1.29, 1.82) is 0 Å². The predicted octanol–water partition coefficient (Wildman–Crippen LogP) is 2.41. The van der Waals surface area contributed by atoms with Crippen LogP contribution in [0, 0.1) is 11.8 Å². The predicted molar refractivity (Wildman–Crippen MR) is 84.6 cm³/mol. The van der Waals surface area contributed by atoms with Crippen LogP contribution in [0.3, 0.4) is 0 Å². The van der Waals surface area contributed by atoms with Gasteiger partial charge in [0.05, 0.1) is 11.9 Å². The van der Waals surface area contributed by atoms with Crippen LogP contribution >= 0.6 is 12.2 Å². The van der Waals surface area contributed by atoms with Gasteiger partial charge in [-0.05, 0) is 61.9 Å². The van der Waals surface area contributed by atoms with Gasteiger partial charge < -0.3 is 4.90 Å². The van der Waals surface area contributed by atoms with Gasteiger partial charge in [-0.15, -0.1) is 0 Å². The van der Waals surface area contributed by atoms with E-state index in [1.165, 1.54) is 25.7 Å². The first-order valence-corrected chi connectivity index (χ1v) is 7.71. The monoisotopic (exact) mass is 351 g/mol. The molecule has 1 saturated carbocycles. The SMILES string of the molecule is S=C(NN=Cc1ccccn1)N1CC2CCC(CC2)C1.[Cu+2]. The molecular formula is C15H20CuN4S+2. The van der Waals surface area contributed by atoms with Gasteiger partial charge in [0.15, 0.2) is 5.11 Å². The van der Waals surface area contributed by atoms with Crippen LogP contribution in [0.5, 0.6) is 0 Å². The van der Waals surface area contributed by atoms with Crippen LogP contribution in [0.2, 0.25) is 0 Å². The molecule has 2 bridgehead atoms. The average molecular weight is 352 g/mol. The van der Waals surface area contributed by atoms with Gasteiger partial charge in [-0.3, -0.25) is 10.4 Å². The van der Waals surface area contributed by atoms with Crippen molar-refractivity contribution in [3.05, 3.63) is 30.1 Å². The fourth-order valence-corrected chi connectivity index (χ4v) is 3.34. The third kappa shape index (κ3) is 4.50. The van der Waals surface area contributed by atoms with Crippen LogP contribution in [-0.2, 0) is 17.1 Å². The normalized spacial score (nSPS) is 24.5. The minimum absolute atomic E-state index is 0. The Morgan fingerprint density at radius 1 is 1.24 bits per heavy atom. The minimum atomic E-state index is 0. The van der Waals surface area contributed by atoms with Crippen molar-refractivity contribution in [2.75, 3.05) is 13.1 Å². The molecule has 0 unspecified atom stereocenters. The molecule has 3 aliphatic rings. The Hall–Kier alpha value is -0.971. The van der Waals surface area contributed by atoms with Crippen LogP contribution < -0.4 is 5.43 Å². The number of pyridine rings is 1. The molecule has 1 aliphatic carbocycles. The Labute approximate surface area is 141 Å². The number of nitrogens with one attached hydrogen (secondary N) is 1. The van der Waals surface area contributed by atoms with Crippen LogP contribution in [0.4, 0.5) is 0 Å². The summed E-state index contributed by atoms with van der Waals surface area (Å²) in [6, 6.07) is 5.75. The van der Waals surface area contributed by atoms with Crippen molar-refractivity contribution < 1.29 is 17.1 Å². The molecule has 6 heteroatoms. The van der Waals surface area contributed by atoms with E-state index in [0.717, 1.165) is 35.7 Å². The number of thiocarbonyl (C=S) groups is 1. The maximum absolute atomic E-state index is 5.46. The third-order valence-electron chi connectivity index (χ3n) is 4.26. The summed E-state index contributed by atoms with van der Waals surface area (Å²) in [5, 5.41) is 4.94. The number of hydrogen-bond donors (Lipinski definition) is 1.